The number of hydrogen-bond donors (Lipinski definition) is 0. The molecule has 21 heavy (non-hydrogen) atoms. The van der Waals surface area contributed by atoms with E-state index in [4.69, 9.17) is 0 Å². The third kappa shape index (κ3) is 5.76. The van der Waals surface area contributed by atoms with Gasteiger partial charge in [0.2, 0.25) is 0 Å². The summed E-state index contributed by atoms with van der Waals surface area (Å²) < 4.78 is 27.6. The predicted molar refractivity (Wildman–Crippen MR) is 87.4 cm³/mol. The van der Waals surface area contributed by atoms with Gasteiger partial charge in [0.1, 0.15) is 0 Å². The zero-order valence-corrected chi connectivity index (χ0v) is 13.7. The van der Waals surface area contributed by atoms with E-state index in [0.29, 0.717) is 18.8 Å². The lowest BCUT2D eigenvalue weighted by Crippen LogP contribution is -2.14. The molecule has 0 bridgehead atoms. The zero-order valence-electron chi connectivity index (χ0n) is 13.7. The van der Waals surface area contributed by atoms with Crippen molar-refractivity contribution in [3.63, 3.8) is 0 Å². The van der Waals surface area contributed by atoms with Gasteiger partial charge in [-0.15, -0.1) is 0 Å². The van der Waals surface area contributed by atoms with Gasteiger partial charge < -0.3 is 0 Å². The first-order valence-electron chi connectivity index (χ1n) is 8.41. The Hall–Kier alpha value is -0.920. The second-order valence-corrected chi connectivity index (χ2v) is 6.40. The normalized spacial score (nSPS) is 23.6. The molecule has 0 heterocycles. The van der Waals surface area contributed by atoms with Crippen molar-refractivity contribution in [1.29, 1.82) is 0 Å². The van der Waals surface area contributed by atoms with Crippen LogP contribution in [0.15, 0.2) is 36.0 Å². The Kier molecular flexibility index (Phi) is 7.92. The quantitative estimate of drug-likeness (QED) is 0.421. The molecule has 0 radical (unpaired) electrons. The lowest BCUT2D eigenvalue weighted by atomic mass is 9.78. The molecule has 0 amide bonds. The summed E-state index contributed by atoms with van der Waals surface area (Å²) in [7, 11) is 0. The molecule has 1 aliphatic rings. The Morgan fingerprint density at radius 3 is 1.81 bits per heavy atom. The van der Waals surface area contributed by atoms with Gasteiger partial charge in [-0.05, 0) is 42.2 Å². The number of rotatable bonds is 8. The molecule has 0 unspecified atom stereocenters. The van der Waals surface area contributed by atoms with Crippen molar-refractivity contribution in [2.24, 2.45) is 11.8 Å². The van der Waals surface area contributed by atoms with Crippen LogP contribution in [0.25, 0.3) is 0 Å². The third-order valence-electron chi connectivity index (χ3n) is 4.76. The highest BCUT2D eigenvalue weighted by Gasteiger charge is 2.21. The van der Waals surface area contributed by atoms with E-state index in [2.05, 4.69) is 20.1 Å². The highest BCUT2D eigenvalue weighted by atomic mass is 19.2. The second-order valence-electron chi connectivity index (χ2n) is 6.40. The van der Waals surface area contributed by atoms with Gasteiger partial charge in [0, 0.05) is 0 Å². The maximum absolute atomic E-state index is 13.9. The zero-order chi connectivity index (χ0) is 15.8. The molecular weight excluding hydrogens is 266 g/mol. The third-order valence-corrected chi connectivity index (χ3v) is 4.76. The van der Waals surface area contributed by atoms with Gasteiger partial charge in [-0.25, -0.2) is 8.78 Å². The fourth-order valence-corrected chi connectivity index (χ4v) is 3.17. The van der Waals surface area contributed by atoms with Crippen LogP contribution in [0.3, 0.4) is 0 Å². The van der Waals surface area contributed by atoms with Gasteiger partial charge in [0.05, 0.1) is 0 Å². The van der Waals surface area contributed by atoms with Crippen molar-refractivity contribution < 1.29 is 8.78 Å². The lowest BCUT2D eigenvalue weighted by Gasteiger charge is -2.28. The van der Waals surface area contributed by atoms with Crippen LogP contribution in [0.1, 0.15) is 71.6 Å². The topological polar surface area (TPSA) is 0 Å². The molecule has 1 rings (SSSR count). The average Bonchev–Trinajstić information content (AvgIpc) is 2.51. The van der Waals surface area contributed by atoms with Gasteiger partial charge in [0.15, 0.2) is 11.7 Å². The Morgan fingerprint density at radius 1 is 0.857 bits per heavy atom. The first-order chi connectivity index (χ1) is 9.99. The van der Waals surface area contributed by atoms with Gasteiger partial charge >= 0.3 is 0 Å². The van der Waals surface area contributed by atoms with Crippen LogP contribution in [0.4, 0.5) is 8.78 Å². The molecule has 1 saturated carbocycles. The molecule has 120 valence electrons. The predicted octanol–water partition coefficient (Wildman–Crippen LogP) is 7.05. The minimum atomic E-state index is -0.811. The van der Waals surface area contributed by atoms with Crippen molar-refractivity contribution in [1.82, 2.24) is 0 Å². The molecule has 1 aliphatic carbocycles. The summed E-state index contributed by atoms with van der Waals surface area (Å²) in [5.74, 6) is -0.0628. The minimum absolute atomic E-state index is 0.216. The van der Waals surface area contributed by atoms with Gasteiger partial charge in [-0.3, -0.25) is 0 Å². The highest BCUT2D eigenvalue weighted by molar-refractivity contribution is 5.34. The van der Waals surface area contributed by atoms with E-state index in [1.807, 2.05) is 0 Å². The monoisotopic (exact) mass is 296 g/mol. The van der Waals surface area contributed by atoms with E-state index in [0.717, 1.165) is 12.3 Å². The van der Waals surface area contributed by atoms with Crippen molar-refractivity contribution in [2.45, 2.75) is 71.6 Å². The Labute approximate surface area is 129 Å². The van der Waals surface area contributed by atoms with Crippen LogP contribution >= 0.6 is 0 Å². The number of allylic oxidation sites excluding steroid dienone is 4. The van der Waals surface area contributed by atoms with Gasteiger partial charge in [0.25, 0.3) is 0 Å². The van der Waals surface area contributed by atoms with Crippen LogP contribution in [0.5, 0.6) is 0 Å². The Bertz CT molecular complexity index is 384. The van der Waals surface area contributed by atoms with E-state index in [1.165, 1.54) is 38.5 Å². The van der Waals surface area contributed by atoms with E-state index < -0.39 is 11.7 Å². The molecule has 0 aromatic rings. The van der Waals surface area contributed by atoms with E-state index in [-0.39, 0.29) is 11.1 Å². The summed E-state index contributed by atoms with van der Waals surface area (Å²) in [6, 6.07) is 0. The second kappa shape index (κ2) is 9.17. The average molecular weight is 296 g/mol. The van der Waals surface area contributed by atoms with Gasteiger partial charge in [-0.2, -0.15) is 0 Å². The summed E-state index contributed by atoms with van der Waals surface area (Å²) in [6.07, 6.45) is 9.56. The molecule has 0 nitrogen and oxygen atoms in total. The van der Waals surface area contributed by atoms with Crippen LogP contribution in [0, 0.1) is 11.8 Å². The standard InChI is InChI=1S/C19H30F2/c1-5-7-16-10-12-17(13-11-16)9-8-15(4)19(21)18(20)14(3)6-2/h16-17H,3-13H2,1-2H3/b19-18-. The molecule has 0 N–H and O–H groups in total. The van der Waals surface area contributed by atoms with Crippen LogP contribution in [0.2, 0.25) is 0 Å². The van der Waals surface area contributed by atoms with Crippen molar-refractivity contribution in [3.05, 3.63) is 36.0 Å². The first-order valence-corrected chi connectivity index (χ1v) is 8.41. The molecule has 0 saturated heterocycles. The molecule has 0 aliphatic heterocycles. The molecular formula is C19H30F2. The number of hydrogen-bond acceptors (Lipinski definition) is 0. The van der Waals surface area contributed by atoms with Crippen molar-refractivity contribution in [2.75, 3.05) is 0 Å². The number of halogens is 2. The summed E-state index contributed by atoms with van der Waals surface area (Å²) in [5, 5.41) is 0. The summed E-state index contributed by atoms with van der Waals surface area (Å²) >= 11 is 0. The van der Waals surface area contributed by atoms with E-state index >= 15 is 0 Å². The minimum Gasteiger partial charge on any atom is -0.203 e. The maximum Gasteiger partial charge on any atom is 0.161 e. The summed E-state index contributed by atoms with van der Waals surface area (Å²) in [4.78, 5) is 0. The molecule has 2 heteroatoms. The van der Waals surface area contributed by atoms with Crippen LogP contribution in [-0.2, 0) is 0 Å². The molecule has 0 atom stereocenters. The van der Waals surface area contributed by atoms with E-state index in [1.54, 1.807) is 6.92 Å². The fourth-order valence-electron chi connectivity index (χ4n) is 3.17. The molecule has 0 aromatic heterocycles. The van der Waals surface area contributed by atoms with Crippen molar-refractivity contribution in [3.8, 4) is 0 Å². The lowest BCUT2D eigenvalue weighted by molar-refractivity contribution is 0.252. The Morgan fingerprint density at radius 2 is 1.33 bits per heavy atom. The largest absolute Gasteiger partial charge is 0.203 e. The summed E-state index contributed by atoms with van der Waals surface area (Å²) in [5.41, 5.74) is 0.506. The highest BCUT2D eigenvalue weighted by Crippen LogP contribution is 2.35. The molecule has 0 aromatic carbocycles. The molecule has 0 spiro atoms. The first kappa shape index (κ1) is 18.1. The van der Waals surface area contributed by atoms with Crippen LogP contribution < -0.4 is 0 Å². The Balaban J connectivity index is 2.39. The van der Waals surface area contributed by atoms with Crippen molar-refractivity contribution >= 4 is 0 Å². The van der Waals surface area contributed by atoms with Crippen LogP contribution in [-0.4, -0.2) is 0 Å². The van der Waals surface area contributed by atoms with Gasteiger partial charge in [-0.1, -0.05) is 65.5 Å². The fraction of sp³-hybridized carbons (Fsp3) is 0.684. The SMILES string of the molecule is C=C(CC)/C(F)=C(/F)C(=C)CCC1CCC(CCC)CC1. The molecule has 1 fully saturated rings. The van der Waals surface area contributed by atoms with E-state index in [9.17, 15) is 8.78 Å². The smallest absolute Gasteiger partial charge is 0.161 e. The maximum atomic E-state index is 13.9. The summed E-state index contributed by atoms with van der Waals surface area (Å²) in [6.45, 7) is 11.3.